The molecular formula is C18H27NO4. The summed E-state index contributed by atoms with van der Waals surface area (Å²) in [5.74, 6) is 1.09. The van der Waals surface area contributed by atoms with Crippen molar-refractivity contribution in [2.45, 2.75) is 56.9 Å². The molecule has 0 aromatic rings. The molecule has 4 N–H and O–H groups in total. The van der Waals surface area contributed by atoms with Gasteiger partial charge >= 0.3 is 11.9 Å². The summed E-state index contributed by atoms with van der Waals surface area (Å²) in [5.41, 5.74) is 4.87. The molecule has 5 rings (SSSR count). The molecule has 0 heterocycles. The molecular weight excluding hydrogens is 294 g/mol. The van der Waals surface area contributed by atoms with E-state index in [1.165, 1.54) is 32.1 Å². The molecule has 23 heavy (non-hydrogen) atoms. The van der Waals surface area contributed by atoms with Gasteiger partial charge in [-0.25, -0.2) is 0 Å². The average molecular weight is 321 g/mol. The molecule has 3 atom stereocenters. The van der Waals surface area contributed by atoms with E-state index in [1.54, 1.807) is 0 Å². The molecule has 4 bridgehead atoms. The Balaban J connectivity index is 1.43. The minimum absolute atomic E-state index is 0.394. The average Bonchev–Trinajstić information content (AvgIpc) is 3.26. The van der Waals surface area contributed by atoms with Crippen molar-refractivity contribution < 1.29 is 19.8 Å². The van der Waals surface area contributed by atoms with E-state index in [4.69, 9.17) is 10.8 Å². The second-order valence-corrected chi connectivity index (χ2v) is 8.77. The third-order valence-corrected chi connectivity index (χ3v) is 7.48. The van der Waals surface area contributed by atoms with Crippen LogP contribution in [-0.2, 0) is 9.59 Å². The molecule has 0 radical (unpaired) electrons. The van der Waals surface area contributed by atoms with Crippen LogP contribution in [0.5, 0.6) is 0 Å². The number of hydrogen-bond donors (Lipinski definition) is 3. The van der Waals surface area contributed by atoms with Gasteiger partial charge in [0.2, 0.25) is 0 Å². The molecule has 5 aliphatic carbocycles. The molecule has 5 nitrogen and oxygen atoms in total. The number of rotatable bonds is 6. The number of aliphatic carboxylic acids is 2. The Morgan fingerprint density at radius 1 is 0.957 bits per heavy atom. The maximum atomic E-state index is 11.7. The van der Waals surface area contributed by atoms with Crippen LogP contribution in [0.25, 0.3) is 0 Å². The first-order chi connectivity index (χ1) is 10.9. The minimum atomic E-state index is -1.35. The van der Waals surface area contributed by atoms with Crippen molar-refractivity contribution in [3.05, 3.63) is 0 Å². The lowest BCUT2D eigenvalue weighted by Gasteiger charge is -2.55. The van der Waals surface area contributed by atoms with Crippen LogP contribution >= 0.6 is 0 Å². The highest BCUT2D eigenvalue weighted by molar-refractivity contribution is 5.83. The van der Waals surface area contributed by atoms with E-state index in [9.17, 15) is 14.7 Å². The Kier molecular flexibility index (Phi) is 3.49. The van der Waals surface area contributed by atoms with Crippen LogP contribution in [0.1, 0.15) is 51.4 Å². The fourth-order valence-corrected chi connectivity index (χ4v) is 6.40. The fraction of sp³-hybridized carbons (Fsp3) is 0.889. The van der Waals surface area contributed by atoms with E-state index in [2.05, 4.69) is 0 Å². The van der Waals surface area contributed by atoms with E-state index in [1.807, 2.05) is 0 Å². The maximum absolute atomic E-state index is 11.7. The predicted octanol–water partition coefficient (Wildman–Crippen LogP) is 2.34. The molecule has 0 spiro atoms. The zero-order valence-electron chi connectivity index (χ0n) is 13.5. The highest BCUT2D eigenvalue weighted by Crippen LogP contribution is 2.58. The maximum Gasteiger partial charge on any atom is 0.323 e. The van der Waals surface area contributed by atoms with Crippen molar-refractivity contribution in [2.24, 2.45) is 47.2 Å². The van der Waals surface area contributed by atoms with E-state index in [0.717, 1.165) is 30.1 Å². The first-order valence-corrected chi connectivity index (χ1v) is 9.13. The van der Waals surface area contributed by atoms with Crippen molar-refractivity contribution in [3.8, 4) is 0 Å². The summed E-state index contributed by atoms with van der Waals surface area (Å²) in [7, 11) is 0. The molecule has 0 aromatic heterocycles. The number of carboxylic acids is 2. The molecule has 5 saturated carbocycles. The standard InChI is InChI=1S/C18H27NO4/c19-18(17(22)23,15-8-14(15)16(20)21)2-1-13-11-4-9-3-10(6-11)7-12(13)5-9/h9-15H,1-8,19H2,(H,20,21)(H,22,23)/t9?,10?,11?,12?,13?,14-,15?,18+/m0/s1. The summed E-state index contributed by atoms with van der Waals surface area (Å²) < 4.78 is 0. The number of carbonyl (C=O) groups is 2. The molecule has 0 aromatic carbocycles. The third-order valence-electron chi connectivity index (χ3n) is 7.48. The van der Waals surface area contributed by atoms with Gasteiger partial charge in [-0.3, -0.25) is 9.59 Å². The fourth-order valence-electron chi connectivity index (χ4n) is 6.40. The molecule has 0 aliphatic heterocycles. The van der Waals surface area contributed by atoms with Crippen molar-refractivity contribution >= 4 is 11.9 Å². The summed E-state index contributed by atoms with van der Waals surface area (Å²) in [6, 6.07) is 0. The smallest absolute Gasteiger partial charge is 0.323 e. The van der Waals surface area contributed by atoms with Crippen LogP contribution in [0.2, 0.25) is 0 Å². The van der Waals surface area contributed by atoms with E-state index < -0.39 is 29.3 Å². The first-order valence-electron chi connectivity index (χ1n) is 9.13. The third kappa shape index (κ3) is 2.48. The summed E-state index contributed by atoms with van der Waals surface area (Å²) >= 11 is 0. The highest BCUT2D eigenvalue weighted by atomic mass is 16.4. The largest absolute Gasteiger partial charge is 0.481 e. The van der Waals surface area contributed by atoms with E-state index in [0.29, 0.717) is 18.8 Å². The lowest BCUT2D eigenvalue weighted by atomic mass is 9.51. The summed E-state index contributed by atoms with van der Waals surface area (Å²) in [6.07, 6.45) is 8.42. The molecule has 0 saturated heterocycles. The Morgan fingerprint density at radius 3 is 1.96 bits per heavy atom. The quantitative estimate of drug-likeness (QED) is 0.697. The van der Waals surface area contributed by atoms with E-state index in [-0.39, 0.29) is 0 Å². The first kappa shape index (κ1) is 15.4. The molecule has 5 heteroatoms. The van der Waals surface area contributed by atoms with Gasteiger partial charge in [0.05, 0.1) is 5.92 Å². The van der Waals surface area contributed by atoms with Gasteiger partial charge in [-0.15, -0.1) is 0 Å². The zero-order chi connectivity index (χ0) is 16.4. The van der Waals surface area contributed by atoms with Gasteiger partial charge < -0.3 is 15.9 Å². The van der Waals surface area contributed by atoms with Crippen LogP contribution in [0.15, 0.2) is 0 Å². The van der Waals surface area contributed by atoms with Gasteiger partial charge in [0.25, 0.3) is 0 Å². The Bertz CT molecular complexity index is 505. The van der Waals surface area contributed by atoms with E-state index >= 15 is 0 Å². The molecule has 5 fully saturated rings. The Morgan fingerprint density at radius 2 is 1.52 bits per heavy atom. The second kappa shape index (κ2) is 5.20. The van der Waals surface area contributed by atoms with Gasteiger partial charge in [0, 0.05) is 5.92 Å². The number of hydrogen-bond acceptors (Lipinski definition) is 3. The van der Waals surface area contributed by atoms with Gasteiger partial charge in [-0.05, 0) is 81.0 Å². The summed E-state index contributed by atoms with van der Waals surface area (Å²) in [6.45, 7) is 0. The predicted molar refractivity (Wildman–Crippen MR) is 83.6 cm³/mol. The minimum Gasteiger partial charge on any atom is -0.481 e. The Hall–Kier alpha value is -1.10. The van der Waals surface area contributed by atoms with Crippen LogP contribution in [0, 0.1) is 41.4 Å². The summed E-state index contributed by atoms with van der Waals surface area (Å²) in [5, 5.41) is 18.7. The van der Waals surface area contributed by atoms with Crippen molar-refractivity contribution in [2.75, 3.05) is 0 Å². The second-order valence-electron chi connectivity index (χ2n) is 8.77. The molecule has 128 valence electrons. The van der Waals surface area contributed by atoms with Crippen molar-refractivity contribution in [1.82, 2.24) is 0 Å². The van der Waals surface area contributed by atoms with Gasteiger partial charge in [0.1, 0.15) is 5.54 Å². The normalized spacial score (nSPS) is 46.4. The van der Waals surface area contributed by atoms with Crippen LogP contribution in [0.3, 0.4) is 0 Å². The van der Waals surface area contributed by atoms with Crippen LogP contribution in [-0.4, -0.2) is 27.7 Å². The van der Waals surface area contributed by atoms with Gasteiger partial charge in [-0.1, -0.05) is 0 Å². The SMILES string of the molecule is N[C@@](CCC1C2CC3CC(C2)CC1C3)(C(=O)O)C1C[C@@H]1C(=O)O. The molecule has 5 aliphatic rings. The van der Waals surface area contributed by atoms with Crippen LogP contribution < -0.4 is 5.73 Å². The highest BCUT2D eigenvalue weighted by Gasteiger charge is 2.58. The zero-order valence-corrected chi connectivity index (χ0v) is 13.5. The van der Waals surface area contributed by atoms with Crippen molar-refractivity contribution in [1.29, 1.82) is 0 Å². The lowest BCUT2D eigenvalue weighted by molar-refractivity contribution is -0.146. The number of carboxylic acid groups (broad SMARTS) is 2. The lowest BCUT2D eigenvalue weighted by Crippen LogP contribution is -2.52. The topological polar surface area (TPSA) is 101 Å². The van der Waals surface area contributed by atoms with Gasteiger partial charge in [-0.2, -0.15) is 0 Å². The van der Waals surface area contributed by atoms with Crippen LogP contribution in [0.4, 0.5) is 0 Å². The monoisotopic (exact) mass is 321 g/mol. The number of nitrogens with two attached hydrogens (primary N) is 1. The van der Waals surface area contributed by atoms with Crippen molar-refractivity contribution in [3.63, 3.8) is 0 Å². The Labute approximate surface area is 136 Å². The summed E-state index contributed by atoms with van der Waals surface area (Å²) in [4.78, 5) is 22.8. The molecule has 0 amide bonds. The molecule has 1 unspecified atom stereocenters. The van der Waals surface area contributed by atoms with Gasteiger partial charge in [0.15, 0.2) is 0 Å².